The molecule has 4 amide bonds. The Balaban J connectivity index is 0.858. The minimum absolute atomic E-state index is 0.0332. The molecule has 1 aromatic heterocycles. The second kappa shape index (κ2) is 23.9. The van der Waals surface area contributed by atoms with Crippen LogP contribution < -0.4 is 27.4 Å². The summed E-state index contributed by atoms with van der Waals surface area (Å²) in [5.74, 6) is -2.52. The molecule has 2 atom stereocenters. The normalized spacial score (nSPS) is 13.9. The van der Waals surface area contributed by atoms with Crippen LogP contribution in [0.4, 0.5) is 0 Å². The first-order chi connectivity index (χ1) is 29.9. The number of aromatic nitrogens is 1. The quantitative estimate of drug-likeness (QED) is 0.0337. The first-order valence-corrected chi connectivity index (χ1v) is 21.3. The van der Waals surface area contributed by atoms with Gasteiger partial charge in [-0.1, -0.05) is 48.5 Å². The summed E-state index contributed by atoms with van der Waals surface area (Å²) in [6.45, 7) is 4.45. The lowest BCUT2D eigenvalue weighted by atomic mass is 10.0. The van der Waals surface area contributed by atoms with Gasteiger partial charge in [0, 0.05) is 57.2 Å². The predicted octanol–water partition coefficient (Wildman–Crippen LogP) is 3.49. The molecule has 0 radical (unpaired) electrons. The van der Waals surface area contributed by atoms with Crippen molar-refractivity contribution in [1.82, 2.24) is 25.8 Å². The van der Waals surface area contributed by atoms with E-state index in [1.807, 2.05) is 61.0 Å². The minimum Gasteiger partial charge on any atom is -0.507 e. The third-order valence-corrected chi connectivity index (χ3v) is 11.1. The molecule has 4 aromatic rings. The maximum atomic E-state index is 13.0. The fourth-order valence-electron chi connectivity index (χ4n) is 6.68. The number of amides is 4. The van der Waals surface area contributed by atoms with Gasteiger partial charge in [0.15, 0.2) is 5.78 Å². The van der Waals surface area contributed by atoms with E-state index in [0.717, 1.165) is 57.8 Å². The zero-order valence-electron chi connectivity index (χ0n) is 35.0. The van der Waals surface area contributed by atoms with Crippen molar-refractivity contribution in [3.63, 3.8) is 0 Å². The molecule has 0 saturated heterocycles. The zero-order valence-corrected chi connectivity index (χ0v) is 35.8. The molecule has 16 nitrogen and oxygen atoms in total. The smallest absolute Gasteiger partial charge is 0.267 e. The number of rotatable bonds is 24. The van der Waals surface area contributed by atoms with Crippen LogP contribution in [-0.2, 0) is 35.0 Å². The maximum Gasteiger partial charge on any atom is 0.267 e. The number of aryl methyl sites for hydroxylation is 2. The minimum atomic E-state index is -0.605. The number of carbonyl (C=O) groups is 5. The Labute approximate surface area is 365 Å². The molecular formula is C45H55N7O9S. The lowest BCUT2D eigenvalue weighted by Gasteiger charge is -2.18. The van der Waals surface area contributed by atoms with Crippen molar-refractivity contribution in [3.05, 3.63) is 118 Å². The van der Waals surface area contributed by atoms with Gasteiger partial charge in [0.05, 0.1) is 67.3 Å². The van der Waals surface area contributed by atoms with Crippen molar-refractivity contribution in [2.24, 2.45) is 11.5 Å². The average molecular weight is 870 g/mol. The number of fused-ring (bicyclic) bond motifs is 1. The van der Waals surface area contributed by atoms with E-state index in [2.05, 4.69) is 20.9 Å². The highest BCUT2D eigenvalue weighted by molar-refractivity contribution is 7.13. The van der Waals surface area contributed by atoms with Crippen LogP contribution in [0.25, 0.3) is 10.4 Å². The first kappa shape index (κ1) is 47.1. The largest absolute Gasteiger partial charge is 0.507 e. The molecule has 8 N–H and O–H groups in total. The van der Waals surface area contributed by atoms with Crippen LogP contribution in [0.2, 0.25) is 0 Å². The number of ether oxygens (including phenoxy) is 3. The maximum absolute atomic E-state index is 13.0. The fourth-order valence-corrected chi connectivity index (χ4v) is 7.49. The number of benzene rings is 3. The number of thiazole rings is 1. The molecule has 3 aromatic carbocycles. The van der Waals surface area contributed by atoms with E-state index >= 15 is 0 Å². The summed E-state index contributed by atoms with van der Waals surface area (Å²) in [5.41, 5.74) is 18.9. The molecule has 0 bridgehead atoms. The molecule has 330 valence electrons. The Kier molecular flexibility index (Phi) is 18.1. The van der Waals surface area contributed by atoms with Crippen molar-refractivity contribution >= 4 is 40.7 Å². The van der Waals surface area contributed by atoms with E-state index in [9.17, 15) is 29.1 Å². The molecule has 0 aliphatic heterocycles. The summed E-state index contributed by atoms with van der Waals surface area (Å²) in [4.78, 5) is 69.9. The van der Waals surface area contributed by atoms with Crippen molar-refractivity contribution < 1.29 is 43.3 Å². The van der Waals surface area contributed by atoms with Crippen LogP contribution in [0.3, 0.4) is 0 Å². The van der Waals surface area contributed by atoms with Gasteiger partial charge < -0.3 is 51.6 Å². The molecule has 1 aliphatic carbocycles. The van der Waals surface area contributed by atoms with Gasteiger partial charge in [0.1, 0.15) is 11.4 Å². The van der Waals surface area contributed by atoms with Crippen LogP contribution in [0.1, 0.15) is 74.4 Å². The second-order valence-electron chi connectivity index (χ2n) is 14.7. The Bertz CT molecular complexity index is 2190. The van der Waals surface area contributed by atoms with Gasteiger partial charge in [-0.05, 0) is 60.2 Å². The lowest BCUT2D eigenvalue weighted by Crippen LogP contribution is -2.36. The Morgan fingerprint density at radius 3 is 2.32 bits per heavy atom. The van der Waals surface area contributed by atoms with Gasteiger partial charge in [-0.3, -0.25) is 24.0 Å². The number of ketones is 1. The van der Waals surface area contributed by atoms with Gasteiger partial charge in [-0.2, -0.15) is 0 Å². The van der Waals surface area contributed by atoms with Gasteiger partial charge >= 0.3 is 0 Å². The number of nitrogens with two attached hydrogens (primary N) is 2. The van der Waals surface area contributed by atoms with Gasteiger partial charge in [0.25, 0.3) is 11.8 Å². The first-order valence-electron chi connectivity index (χ1n) is 20.4. The lowest BCUT2D eigenvalue weighted by molar-refractivity contribution is -0.123. The molecule has 1 heterocycles. The van der Waals surface area contributed by atoms with E-state index in [0.29, 0.717) is 33.0 Å². The summed E-state index contributed by atoms with van der Waals surface area (Å²) in [7, 11) is 1.52. The molecule has 0 saturated carbocycles. The third-order valence-electron chi connectivity index (χ3n) is 10.2. The van der Waals surface area contributed by atoms with E-state index in [-0.39, 0.29) is 73.8 Å². The van der Waals surface area contributed by atoms with Crippen LogP contribution in [0, 0.1) is 6.92 Å². The molecule has 1 aliphatic rings. The highest BCUT2D eigenvalue weighted by Gasteiger charge is 2.25. The summed E-state index contributed by atoms with van der Waals surface area (Å²) in [6, 6.07) is 18.9. The summed E-state index contributed by atoms with van der Waals surface area (Å²) in [6.07, 6.45) is 2.84. The molecule has 0 spiro atoms. The molecular weight excluding hydrogens is 815 g/mol. The monoisotopic (exact) mass is 869 g/mol. The average Bonchev–Trinajstić information content (AvgIpc) is 3.89. The van der Waals surface area contributed by atoms with E-state index in [4.69, 9.17) is 25.7 Å². The number of allylic oxidation sites excluding steroid dienone is 1. The van der Waals surface area contributed by atoms with Crippen LogP contribution >= 0.6 is 11.3 Å². The molecule has 0 fully saturated rings. The summed E-state index contributed by atoms with van der Waals surface area (Å²) < 4.78 is 16.5. The van der Waals surface area contributed by atoms with Crippen molar-refractivity contribution in [2.75, 3.05) is 66.3 Å². The van der Waals surface area contributed by atoms with E-state index < -0.39 is 29.4 Å². The Morgan fingerprint density at radius 2 is 1.61 bits per heavy atom. The highest BCUT2D eigenvalue weighted by Crippen LogP contribution is 2.31. The number of phenolic OH excluding ortho intramolecular Hbond substituents is 1. The van der Waals surface area contributed by atoms with Crippen LogP contribution in [0.15, 0.2) is 84.0 Å². The van der Waals surface area contributed by atoms with Crippen LogP contribution in [-0.4, -0.2) is 111 Å². The van der Waals surface area contributed by atoms with E-state index in [1.165, 1.54) is 24.1 Å². The van der Waals surface area contributed by atoms with E-state index in [1.54, 1.807) is 11.3 Å². The van der Waals surface area contributed by atoms with Crippen molar-refractivity contribution in [3.8, 4) is 16.2 Å². The number of nitrogens with one attached hydrogen (secondary N) is 3. The Morgan fingerprint density at radius 1 is 0.919 bits per heavy atom. The summed E-state index contributed by atoms with van der Waals surface area (Å²) in [5, 5.41) is 19.0. The predicted molar refractivity (Wildman–Crippen MR) is 234 cm³/mol. The van der Waals surface area contributed by atoms with Crippen LogP contribution in [0.5, 0.6) is 5.75 Å². The number of aromatic hydroxyl groups is 1. The highest BCUT2D eigenvalue weighted by atomic mass is 32.1. The molecule has 17 heteroatoms. The van der Waals surface area contributed by atoms with Crippen molar-refractivity contribution in [1.29, 1.82) is 0 Å². The number of carbonyl (C=O) groups excluding carboxylic acids is 5. The second-order valence-corrected chi connectivity index (χ2v) is 15.5. The standard InChI is InChI=1S/C45H55N7O9S/c1-29-43(62-28-50-29)32-9-7-31(8-10-32)36(46)27-42(56)49-17-20-60-22-24-61-23-21-59-19-15-41(55)48-16-18-52(2)45(58)35-13-11-33(25-40(35)54)39(53)26-37(47)44(57)51-38-14-12-30-5-3-4-6-34(30)38/h3-11,13,25-26,28,36,38,54H,12,14-24,27,46-47H2,1-2H3,(H,48,55)(H,49,56)(H,51,57)/t36-,38?/m0/s1. The zero-order chi connectivity index (χ0) is 44.4. The van der Waals surface area contributed by atoms with Gasteiger partial charge in [-0.15, -0.1) is 11.3 Å². The topological polar surface area (TPSA) is 238 Å². The number of hydrogen-bond donors (Lipinski definition) is 6. The van der Waals surface area contributed by atoms with Crippen molar-refractivity contribution in [2.45, 2.75) is 44.7 Å². The van der Waals surface area contributed by atoms with Gasteiger partial charge in [0.2, 0.25) is 11.8 Å². The molecule has 1 unspecified atom stereocenters. The summed E-state index contributed by atoms with van der Waals surface area (Å²) >= 11 is 1.59. The fraction of sp³-hybridized carbons (Fsp3) is 0.378. The Hall–Kier alpha value is -5.98. The number of hydrogen-bond acceptors (Lipinski definition) is 13. The third kappa shape index (κ3) is 14.0. The SMILES string of the molecule is Cc1ncsc1-c1ccc([C@@H](N)CC(=O)NCCOCCOCCOCCC(=O)NCCN(C)C(=O)c2ccc(C(=O)C=C(N)C(=O)NC3CCc4ccccc43)cc2O)cc1. The molecule has 5 rings (SSSR count). The number of phenols is 1. The van der Waals surface area contributed by atoms with Gasteiger partial charge in [-0.25, -0.2) is 4.98 Å². The number of nitrogens with zero attached hydrogens (tertiary/aromatic N) is 2. The molecule has 62 heavy (non-hydrogen) atoms. The number of likely N-dealkylation sites (N-methyl/N-ethyl adjacent to an activating group) is 1.